The van der Waals surface area contributed by atoms with Crippen LogP contribution in [-0.4, -0.2) is 31.4 Å². The molecule has 0 heterocycles. The molecule has 1 aromatic carbocycles. The van der Waals surface area contributed by atoms with Gasteiger partial charge in [0.1, 0.15) is 0 Å². The first kappa shape index (κ1) is 13.1. The minimum Gasteiger partial charge on any atom is -0.347 e. The number of hydrogen-bond acceptors (Lipinski definition) is 2. The molecule has 0 aromatic heterocycles. The van der Waals surface area contributed by atoms with Crippen LogP contribution in [0.4, 0.5) is 0 Å². The lowest BCUT2D eigenvalue weighted by molar-refractivity contribution is -0.124. The van der Waals surface area contributed by atoms with Crippen LogP contribution in [0.5, 0.6) is 0 Å². The fourth-order valence-corrected chi connectivity index (χ4v) is 2.43. The molecule has 18 heavy (non-hydrogen) atoms. The molecular weight excluding hydrogens is 224 g/mol. The van der Waals surface area contributed by atoms with Gasteiger partial charge in [0.15, 0.2) is 0 Å². The van der Waals surface area contributed by atoms with Crippen molar-refractivity contribution in [2.45, 2.75) is 31.2 Å². The summed E-state index contributed by atoms with van der Waals surface area (Å²) in [4.78, 5) is 14.0. The second kappa shape index (κ2) is 5.53. The van der Waals surface area contributed by atoms with Gasteiger partial charge in [0.05, 0.1) is 5.54 Å². The van der Waals surface area contributed by atoms with Crippen LogP contribution in [0.2, 0.25) is 0 Å². The Hall–Kier alpha value is -1.35. The van der Waals surface area contributed by atoms with Crippen molar-refractivity contribution in [1.29, 1.82) is 0 Å². The monoisotopic (exact) mass is 246 g/mol. The number of carbonyl (C=O) groups excluding carboxylic acids is 1. The van der Waals surface area contributed by atoms with Gasteiger partial charge in [-0.1, -0.05) is 30.3 Å². The molecule has 1 amide bonds. The zero-order valence-electron chi connectivity index (χ0n) is 11.3. The van der Waals surface area contributed by atoms with Crippen LogP contribution in [-0.2, 0) is 10.3 Å². The quantitative estimate of drug-likeness (QED) is 0.863. The second-order valence-electron chi connectivity index (χ2n) is 5.40. The van der Waals surface area contributed by atoms with Crippen LogP contribution in [0.1, 0.15) is 31.2 Å². The summed E-state index contributed by atoms with van der Waals surface area (Å²) in [7, 11) is 3.98. The Bertz CT molecular complexity index is 396. The van der Waals surface area contributed by atoms with Gasteiger partial charge in [-0.2, -0.15) is 0 Å². The van der Waals surface area contributed by atoms with Gasteiger partial charge >= 0.3 is 0 Å². The Morgan fingerprint density at radius 3 is 2.44 bits per heavy atom. The molecule has 0 saturated heterocycles. The average Bonchev–Trinajstić information content (AvgIpc) is 2.32. The van der Waals surface area contributed by atoms with Crippen LogP contribution >= 0.6 is 0 Å². The number of nitrogens with one attached hydrogen (secondary N) is 1. The predicted molar refractivity (Wildman–Crippen MR) is 73.3 cm³/mol. The van der Waals surface area contributed by atoms with Crippen LogP contribution in [0, 0.1) is 0 Å². The molecule has 1 N–H and O–H groups in total. The largest absolute Gasteiger partial charge is 0.347 e. The molecule has 3 heteroatoms. The third kappa shape index (κ3) is 2.91. The van der Waals surface area contributed by atoms with Gasteiger partial charge in [-0.05, 0) is 38.9 Å². The number of amides is 1. The number of nitrogens with zero attached hydrogens (tertiary/aromatic N) is 1. The smallest absolute Gasteiger partial charge is 0.221 e. The standard InChI is InChI=1S/C15H22N2O/c1-17(2)12-9-14(18)16-15(10-6-11-15)13-7-4-3-5-8-13/h3-5,7-8H,6,9-12H2,1-2H3,(H,16,18). The van der Waals surface area contributed by atoms with E-state index in [0.29, 0.717) is 6.42 Å². The number of carbonyl (C=O) groups is 1. The fraction of sp³-hybridized carbons (Fsp3) is 0.533. The van der Waals surface area contributed by atoms with E-state index in [1.807, 2.05) is 37.2 Å². The second-order valence-corrected chi connectivity index (χ2v) is 5.40. The van der Waals surface area contributed by atoms with E-state index in [1.54, 1.807) is 0 Å². The molecule has 0 bridgehead atoms. The molecule has 1 aliphatic rings. The molecule has 1 saturated carbocycles. The van der Waals surface area contributed by atoms with Gasteiger partial charge in [-0.25, -0.2) is 0 Å². The lowest BCUT2D eigenvalue weighted by Gasteiger charge is -2.43. The summed E-state index contributed by atoms with van der Waals surface area (Å²) in [6, 6.07) is 10.3. The van der Waals surface area contributed by atoms with E-state index < -0.39 is 0 Å². The van der Waals surface area contributed by atoms with Gasteiger partial charge in [-0.3, -0.25) is 4.79 Å². The fourth-order valence-electron chi connectivity index (χ4n) is 2.43. The van der Waals surface area contributed by atoms with Crippen molar-refractivity contribution in [1.82, 2.24) is 10.2 Å². The van der Waals surface area contributed by atoms with E-state index >= 15 is 0 Å². The highest BCUT2D eigenvalue weighted by molar-refractivity contribution is 5.77. The summed E-state index contributed by atoms with van der Waals surface area (Å²) in [6.45, 7) is 0.802. The number of benzene rings is 1. The maximum absolute atomic E-state index is 12.0. The summed E-state index contributed by atoms with van der Waals surface area (Å²) in [5, 5.41) is 3.24. The molecule has 0 unspecified atom stereocenters. The van der Waals surface area contributed by atoms with Crippen molar-refractivity contribution in [3.8, 4) is 0 Å². The van der Waals surface area contributed by atoms with Crippen molar-refractivity contribution in [2.24, 2.45) is 0 Å². The van der Waals surface area contributed by atoms with Crippen LogP contribution in [0.15, 0.2) is 30.3 Å². The maximum atomic E-state index is 12.0. The zero-order chi connectivity index (χ0) is 13.0. The Morgan fingerprint density at radius 2 is 1.94 bits per heavy atom. The molecule has 1 aromatic rings. The molecule has 0 atom stereocenters. The molecule has 0 spiro atoms. The highest BCUT2D eigenvalue weighted by atomic mass is 16.1. The summed E-state index contributed by atoms with van der Waals surface area (Å²) in [6.07, 6.45) is 3.89. The minimum absolute atomic E-state index is 0.0926. The topological polar surface area (TPSA) is 32.3 Å². The van der Waals surface area contributed by atoms with Gasteiger partial charge in [0.25, 0.3) is 0 Å². The molecule has 0 aliphatic heterocycles. The number of rotatable bonds is 5. The van der Waals surface area contributed by atoms with E-state index in [2.05, 4.69) is 17.4 Å². The highest BCUT2D eigenvalue weighted by Crippen LogP contribution is 2.41. The summed E-state index contributed by atoms with van der Waals surface area (Å²) in [5.74, 6) is 0.159. The van der Waals surface area contributed by atoms with Gasteiger partial charge in [-0.15, -0.1) is 0 Å². The van der Waals surface area contributed by atoms with E-state index in [0.717, 1.165) is 19.4 Å². The molecule has 98 valence electrons. The summed E-state index contributed by atoms with van der Waals surface area (Å²) < 4.78 is 0. The minimum atomic E-state index is -0.0926. The molecule has 1 aliphatic carbocycles. The normalized spacial score (nSPS) is 17.3. The van der Waals surface area contributed by atoms with Gasteiger partial charge in [0.2, 0.25) is 5.91 Å². The van der Waals surface area contributed by atoms with Crippen LogP contribution < -0.4 is 5.32 Å². The molecule has 1 fully saturated rings. The molecule has 2 rings (SSSR count). The van der Waals surface area contributed by atoms with E-state index in [4.69, 9.17) is 0 Å². The lowest BCUT2D eigenvalue weighted by atomic mass is 9.71. The lowest BCUT2D eigenvalue weighted by Crippen LogP contribution is -2.51. The average molecular weight is 246 g/mol. The third-order valence-corrected chi connectivity index (χ3v) is 3.70. The van der Waals surface area contributed by atoms with Gasteiger partial charge < -0.3 is 10.2 Å². The first-order valence-electron chi connectivity index (χ1n) is 6.64. The summed E-state index contributed by atoms with van der Waals surface area (Å²) >= 11 is 0. The van der Waals surface area contributed by atoms with Crippen molar-refractivity contribution in [2.75, 3.05) is 20.6 Å². The van der Waals surface area contributed by atoms with Crippen molar-refractivity contribution >= 4 is 5.91 Å². The third-order valence-electron chi connectivity index (χ3n) is 3.70. The Labute approximate surface area is 109 Å². The molecular formula is C15H22N2O. The number of hydrogen-bond donors (Lipinski definition) is 1. The molecule has 3 nitrogen and oxygen atoms in total. The van der Waals surface area contributed by atoms with E-state index in [-0.39, 0.29) is 11.4 Å². The van der Waals surface area contributed by atoms with Crippen molar-refractivity contribution in [3.63, 3.8) is 0 Å². The first-order valence-corrected chi connectivity index (χ1v) is 6.64. The SMILES string of the molecule is CN(C)CCC(=O)NC1(c2ccccc2)CCC1. The van der Waals surface area contributed by atoms with Crippen molar-refractivity contribution in [3.05, 3.63) is 35.9 Å². The zero-order valence-corrected chi connectivity index (χ0v) is 11.3. The summed E-state index contributed by atoms with van der Waals surface area (Å²) in [5.41, 5.74) is 1.15. The van der Waals surface area contributed by atoms with E-state index in [1.165, 1.54) is 12.0 Å². The first-order chi connectivity index (χ1) is 8.62. The Kier molecular flexibility index (Phi) is 4.02. The van der Waals surface area contributed by atoms with Crippen LogP contribution in [0.3, 0.4) is 0 Å². The van der Waals surface area contributed by atoms with Crippen LogP contribution in [0.25, 0.3) is 0 Å². The molecule has 0 radical (unpaired) electrons. The predicted octanol–water partition coefficient (Wildman–Crippen LogP) is 2.13. The van der Waals surface area contributed by atoms with Gasteiger partial charge in [0, 0.05) is 13.0 Å². The van der Waals surface area contributed by atoms with E-state index in [9.17, 15) is 4.79 Å². The maximum Gasteiger partial charge on any atom is 0.221 e. The van der Waals surface area contributed by atoms with Crippen molar-refractivity contribution < 1.29 is 4.79 Å². The highest BCUT2D eigenvalue weighted by Gasteiger charge is 2.39. The Morgan fingerprint density at radius 1 is 1.28 bits per heavy atom. The Balaban J connectivity index is 1.99.